The number of carbonyl (C=O) groups excluding carboxylic acids is 3. The zero-order chi connectivity index (χ0) is 25.4. The molecule has 0 spiro atoms. The molecule has 0 aliphatic rings. The highest BCUT2D eigenvalue weighted by Crippen LogP contribution is 2.29. The lowest BCUT2D eigenvalue weighted by Gasteiger charge is -2.11. The monoisotopic (exact) mass is 496 g/mol. The van der Waals surface area contributed by atoms with Crippen molar-refractivity contribution in [3.05, 3.63) is 82.4 Å². The summed E-state index contributed by atoms with van der Waals surface area (Å²) in [5.41, 5.74) is 3.29. The first-order valence-corrected chi connectivity index (χ1v) is 10.5. The third kappa shape index (κ3) is 6.81. The Bertz CT molecular complexity index is 1270. The van der Waals surface area contributed by atoms with Gasteiger partial charge < -0.3 is 18.9 Å². The first kappa shape index (κ1) is 25.3. The van der Waals surface area contributed by atoms with Crippen LogP contribution in [0.15, 0.2) is 65.8 Å². The van der Waals surface area contributed by atoms with Crippen LogP contribution in [0.2, 0.25) is 5.02 Å². The Morgan fingerprint density at radius 2 is 1.51 bits per heavy atom. The van der Waals surface area contributed by atoms with Gasteiger partial charge in [-0.1, -0.05) is 11.6 Å². The molecule has 0 bridgehead atoms. The average Bonchev–Trinajstić information content (AvgIpc) is 2.85. The number of hydrazone groups is 1. The predicted molar refractivity (Wildman–Crippen MR) is 129 cm³/mol. The van der Waals surface area contributed by atoms with E-state index in [2.05, 4.69) is 10.5 Å². The van der Waals surface area contributed by atoms with Gasteiger partial charge in [0.15, 0.2) is 11.5 Å². The fraction of sp³-hybridized carbons (Fsp3) is 0.120. The Morgan fingerprint density at radius 3 is 2.17 bits per heavy atom. The van der Waals surface area contributed by atoms with Gasteiger partial charge in [-0.15, -0.1) is 0 Å². The number of ether oxygens (including phenoxy) is 4. The van der Waals surface area contributed by atoms with Crippen molar-refractivity contribution < 1.29 is 33.3 Å². The summed E-state index contributed by atoms with van der Waals surface area (Å²) in [4.78, 5) is 36.2. The summed E-state index contributed by atoms with van der Waals surface area (Å²) in [5.74, 6) is -0.527. The molecule has 0 saturated carbocycles. The van der Waals surface area contributed by atoms with Crippen molar-refractivity contribution in [3.63, 3.8) is 0 Å². The number of benzene rings is 3. The smallest absolute Gasteiger partial charge is 0.343 e. The van der Waals surface area contributed by atoms with E-state index >= 15 is 0 Å². The molecule has 10 heteroatoms. The zero-order valence-electron chi connectivity index (χ0n) is 19.0. The molecule has 0 radical (unpaired) electrons. The van der Waals surface area contributed by atoms with E-state index in [9.17, 15) is 14.4 Å². The van der Waals surface area contributed by atoms with Gasteiger partial charge in [0.2, 0.25) is 0 Å². The number of nitrogens with zero attached hydrogens (tertiary/aromatic N) is 1. The molecule has 35 heavy (non-hydrogen) atoms. The molecule has 3 aromatic carbocycles. The van der Waals surface area contributed by atoms with E-state index in [1.807, 2.05) is 0 Å². The molecule has 1 N–H and O–H groups in total. The second-order valence-electron chi connectivity index (χ2n) is 6.96. The number of esters is 2. The maximum atomic E-state index is 12.7. The minimum Gasteiger partial charge on any atom is -0.497 e. The van der Waals surface area contributed by atoms with Crippen LogP contribution in [-0.2, 0) is 4.79 Å². The van der Waals surface area contributed by atoms with Gasteiger partial charge in [0.25, 0.3) is 5.91 Å². The Morgan fingerprint density at radius 1 is 0.829 bits per heavy atom. The third-order valence-corrected chi connectivity index (χ3v) is 4.78. The summed E-state index contributed by atoms with van der Waals surface area (Å²) in [7, 11) is 2.91. The summed E-state index contributed by atoms with van der Waals surface area (Å²) in [6.45, 7) is 1.25. The fourth-order valence-corrected chi connectivity index (χ4v) is 3.05. The highest BCUT2D eigenvalue weighted by molar-refractivity contribution is 6.31. The lowest BCUT2D eigenvalue weighted by atomic mass is 10.2. The van der Waals surface area contributed by atoms with E-state index in [-0.39, 0.29) is 22.8 Å². The summed E-state index contributed by atoms with van der Waals surface area (Å²) in [6, 6.07) is 15.3. The number of rotatable bonds is 8. The van der Waals surface area contributed by atoms with E-state index in [1.165, 1.54) is 57.7 Å². The molecule has 0 atom stereocenters. The minimum absolute atomic E-state index is 0.156. The molecule has 0 fully saturated rings. The molecule has 0 saturated heterocycles. The van der Waals surface area contributed by atoms with E-state index < -0.39 is 17.8 Å². The van der Waals surface area contributed by atoms with E-state index in [1.54, 1.807) is 30.3 Å². The Balaban J connectivity index is 1.75. The van der Waals surface area contributed by atoms with E-state index in [0.29, 0.717) is 21.9 Å². The minimum atomic E-state index is -0.697. The number of halogens is 1. The summed E-state index contributed by atoms with van der Waals surface area (Å²) in [5, 5.41) is 4.31. The van der Waals surface area contributed by atoms with Gasteiger partial charge in [0, 0.05) is 23.1 Å². The van der Waals surface area contributed by atoms with Crippen molar-refractivity contribution in [2.24, 2.45) is 5.10 Å². The molecule has 3 rings (SSSR count). The van der Waals surface area contributed by atoms with Crippen LogP contribution < -0.4 is 24.4 Å². The molecule has 0 aliphatic heterocycles. The van der Waals surface area contributed by atoms with Crippen LogP contribution in [0, 0.1) is 0 Å². The van der Waals surface area contributed by atoms with E-state index in [4.69, 9.17) is 30.5 Å². The SMILES string of the molecule is COc1ccc(C(=O)N/N=C/c2cc(Cl)ccc2OC(=O)c2ccc(OC(C)=O)c(OC)c2)cc1. The van der Waals surface area contributed by atoms with Gasteiger partial charge in [-0.3, -0.25) is 9.59 Å². The highest BCUT2D eigenvalue weighted by atomic mass is 35.5. The highest BCUT2D eigenvalue weighted by Gasteiger charge is 2.16. The predicted octanol–water partition coefficient (Wildman–Crippen LogP) is 4.27. The van der Waals surface area contributed by atoms with Crippen molar-refractivity contribution in [2.75, 3.05) is 14.2 Å². The van der Waals surface area contributed by atoms with Gasteiger partial charge in [0.1, 0.15) is 11.5 Å². The van der Waals surface area contributed by atoms with Crippen molar-refractivity contribution >= 4 is 35.7 Å². The standard InChI is InChI=1S/C25H21ClN2O7/c1-15(29)34-22-10-6-17(13-23(22)33-3)25(31)35-21-11-7-19(26)12-18(21)14-27-28-24(30)16-4-8-20(32-2)9-5-16/h4-14H,1-3H3,(H,28,30)/b27-14+. The molecule has 1 amide bonds. The molecule has 0 aliphatic carbocycles. The molecule has 0 heterocycles. The van der Waals surface area contributed by atoms with Gasteiger partial charge in [-0.05, 0) is 60.7 Å². The molecular formula is C25H21ClN2O7. The van der Waals surface area contributed by atoms with Crippen molar-refractivity contribution in [2.45, 2.75) is 6.92 Å². The lowest BCUT2D eigenvalue weighted by molar-refractivity contribution is -0.132. The Kier molecular flexibility index (Phi) is 8.42. The van der Waals surface area contributed by atoms with Crippen LogP contribution in [0.25, 0.3) is 0 Å². The summed E-state index contributed by atoms with van der Waals surface area (Å²) < 4.78 is 20.8. The number of amides is 1. The molecular weight excluding hydrogens is 476 g/mol. The average molecular weight is 497 g/mol. The van der Waals surface area contributed by atoms with Crippen molar-refractivity contribution in [3.8, 4) is 23.0 Å². The van der Waals surface area contributed by atoms with Gasteiger partial charge in [-0.25, -0.2) is 10.2 Å². The van der Waals surface area contributed by atoms with E-state index in [0.717, 1.165) is 0 Å². The van der Waals surface area contributed by atoms with Crippen LogP contribution in [0.4, 0.5) is 0 Å². The Hall–Kier alpha value is -4.37. The molecule has 3 aromatic rings. The van der Waals surface area contributed by atoms with Crippen LogP contribution in [0.1, 0.15) is 33.2 Å². The quantitative estimate of drug-likeness (QED) is 0.214. The first-order valence-electron chi connectivity index (χ1n) is 10.2. The normalized spacial score (nSPS) is 10.5. The summed E-state index contributed by atoms with van der Waals surface area (Å²) >= 11 is 6.08. The molecule has 180 valence electrons. The number of nitrogens with one attached hydrogen (secondary N) is 1. The fourth-order valence-electron chi connectivity index (χ4n) is 2.87. The van der Waals surface area contributed by atoms with Crippen LogP contribution in [-0.4, -0.2) is 38.3 Å². The maximum Gasteiger partial charge on any atom is 0.343 e. The number of methoxy groups -OCH3 is 2. The largest absolute Gasteiger partial charge is 0.497 e. The third-order valence-electron chi connectivity index (χ3n) is 4.55. The lowest BCUT2D eigenvalue weighted by Crippen LogP contribution is -2.17. The van der Waals surface area contributed by atoms with Crippen LogP contribution >= 0.6 is 11.6 Å². The molecule has 9 nitrogen and oxygen atoms in total. The van der Waals surface area contributed by atoms with Crippen LogP contribution in [0.3, 0.4) is 0 Å². The maximum absolute atomic E-state index is 12.7. The van der Waals surface area contributed by atoms with Crippen molar-refractivity contribution in [1.29, 1.82) is 0 Å². The Labute approximate surface area is 206 Å². The van der Waals surface area contributed by atoms with Gasteiger partial charge in [-0.2, -0.15) is 5.10 Å². The number of hydrogen-bond donors (Lipinski definition) is 1. The zero-order valence-corrected chi connectivity index (χ0v) is 19.8. The van der Waals surface area contributed by atoms with Crippen LogP contribution in [0.5, 0.6) is 23.0 Å². The van der Waals surface area contributed by atoms with Gasteiger partial charge >= 0.3 is 11.9 Å². The second-order valence-corrected chi connectivity index (χ2v) is 7.40. The first-order chi connectivity index (χ1) is 16.8. The topological polar surface area (TPSA) is 113 Å². The number of carbonyl (C=O) groups is 3. The summed E-state index contributed by atoms with van der Waals surface area (Å²) in [6.07, 6.45) is 1.31. The number of hydrogen-bond acceptors (Lipinski definition) is 8. The molecule has 0 unspecified atom stereocenters. The second kappa shape index (κ2) is 11.7. The van der Waals surface area contributed by atoms with Crippen molar-refractivity contribution in [1.82, 2.24) is 5.43 Å². The molecule has 0 aromatic heterocycles. The van der Waals surface area contributed by atoms with Gasteiger partial charge in [0.05, 0.1) is 26.0 Å².